The highest BCUT2D eigenvalue weighted by Crippen LogP contribution is 2.36. The van der Waals surface area contributed by atoms with Crippen molar-refractivity contribution in [2.24, 2.45) is 5.92 Å². The topological polar surface area (TPSA) is 38.8 Å². The Balaban J connectivity index is 1.83. The number of benzene rings is 1. The Morgan fingerprint density at radius 2 is 1.78 bits per heavy atom. The lowest BCUT2D eigenvalue weighted by molar-refractivity contribution is -0.128. The van der Waals surface area contributed by atoms with E-state index in [2.05, 4.69) is 40.7 Å². The van der Waals surface area contributed by atoms with Gasteiger partial charge in [-0.15, -0.1) is 0 Å². The Morgan fingerprint density at radius 3 is 2.35 bits per heavy atom. The van der Waals surface area contributed by atoms with E-state index in [4.69, 9.17) is 9.31 Å². The van der Waals surface area contributed by atoms with Gasteiger partial charge in [0, 0.05) is 19.5 Å². The van der Waals surface area contributed by atoms with Crippen molar-refractivity contribution in [2.75, 3.05) is 6.54 Å². The monoisotopic (exact) mass is 315 g/mol. The van der Waals surface area contributed by atoms with Crippen LogP contribution >= 0.6 is 0 Å². The van der Waals surface area contributed by atoms with Gasteiger partial charge >= 0.3 is 7.12 Å². The average Bonchev–Trinajstić information content (AvgIpc) is 2.86. The number of rotatable bonds is 3. The quantitative estimate of drug-likeness (QED) is 0.804. The van der Waals surface area contributed by atoms with Gasteiger partial charge in [-0.25, -0.2) is 0 Å². The summed E-state index contributed by atoms with van der Waals surface area (Å²) in [4.78, 5) is 14.0. The molecule has 2 heterocycles. The molecule has 23 heavy (non-hydrogen) atoms. The number of hydrogen-bond donors (Lipinski definition) is 0. The highest BCUT2D eigenvalue weighted by Gasteiger charge is 2.52. The van der Waals surface area contributed by atoms with Crippen LogP contribution in [0.15, 0.2) is 24.3 Å². The van der Waals surface area contributed by atoms with Crippen LogP contribution in [0.4, 0.5) is 0 Å². The molecule has 0 bridgehead atoms. The van der Waals surface area contributed by atoms with Gasteiger partial charge in [0.05, 0.1) is 11.2 Å². The fourth-order valence-electron chi connectivity index (χ4n) is 3.21. The summed E-state index contributed by atoms with van der Waals surface area (Å²) in [5.74, 6) is 0.674. The van der Waals surface area contributed by atoms with Gasteiger partial charge in [-0.2, -0.15) is 0 Å². The molecule has 2 fully saturated rings. The Labute approximate surface area is 139 Å². The van der Waals surface area contributed by atoms with Gasteiger partial charge in [-0.3, -0.25) is 4.79 Å². The van der Waals surface area contributed by atoms with Gasteiger partial charge in [-0.1, -0.05) is 31.2 Å². The Bertz CT molecular complexity index is 598. The number of nitrogens with zero attached hydrogens (tertiary/aromatic N) is 1. The molecule has 3 rings (SSSR count). The van der Waals surface area contributed by atoms with E-state index in [1.54, 1.807) is 0 Å². The molecule has 0 N–H and O–H groups in total. The molecule has 2 aliphatic rings. The molecule has 5 heteroatoms. The number of carbonyl (C=O) groups excluding carboxylic acids is 1. The fraction of sp³-hybridized carbons (Fsp3) is 0.611. The van der Waals surface area contributed by atoms with Crippen molar-refractivity contribution in [3.8, 4) is 0 Å². The van der Waals surface area contributed by atoms with Crippen molar-refractivity contribution < 1.29 is 14.1 Å². The zero-order chi connectivity index (χ0) is 16.8. The van der Waals surface area contributed by atoms with Gasteiger partial charge in [0.1, 0.15) is 0 Å². The smallest absolute Gasteiger partial charge is 0.399 e. The molecule has 1 aromatic carbocycles. The third-order valence-electron chi connectivity index (χ3n) is 5.33. The first kappa shape index (κ1) is 16.5. The molecule has 0 aliphatic carbocycles. The van der Waals surface area contributed by atoms with Crippen molar-refractivity contribution in [2.45, 2.75) is 58.8 Å². The molecule has 0 aromatic heterocycles. The van der Waals surface area contributed by atoms with E-state index < -0.39 is 0 Å². The molecular weight excluding hydrogens is 289 g/mol. The minimum absolute atomic E-state index is 0.237. The summed E-state index contributed by atoms with van der Waals surface area (Å²) >= 11 is 0. The van der Waals surface area contributed by atoms with E-state index in [0.29, 0.717) is 18.9 Å². The molecule has 124 valence electrons. The Morgan fingerprint density at radius 1 is 1.17 bits per heavy atom. The zero-order valence-electron chi connectivity index (χ0n) is 14.8. The SMILES string of the molecule is CC1CC(=O)N(Cc2ccccc2B2OC(C)(C)C(C)(C)O2)C1. The van der Waals surface area contributed by atoms with Crippen molar-refractivity contribution in [1.29, 1.82) is 0 Å². The second kappa shape index (κ2) is 5.64. The predicted molar refractivity (Wildman–Crippen MR) is 91.4 cm³/mol. The van der Waals surface area contributed by atoms with E-state index in [1.165, 1.54) is 0 Å². The van der Waals surface area contributed by atoms with Crippen LogP contribution in [0.25, 0.3) is 0 Å². The highest BCUT2D eigenvalue weighted by atomic mass is 16.7. The van der Waals surface area contributed by atoms with Crippen molar-refractivity contribution in [1.82, 2.24) is 4.90 Å². The molecule has 2 aliphatic heterocycles. The first-order valence-corrected chi connectivity index (χ1v) is 8.41. The van der Waals surface area contributed by atoms with E-state index in [9.17, 15) is 4.79 Å². The van der Waals surface area contributed by atoms with Crippen LogP contribution in [-0.2, 0) is 20.6 Å². The first-order valence-electron chi connectivity index (χ1n) is 8.41. The van der Waals surface area contributed by atoms with Crippen LogP contribution in [0.2, 0.25) is 0 Å². The summed E-state index contributed by atoms with van der Waals surface area (Å²) in [6.45, 7) is 11.8. The molecule has 1 amide bonds. The molecule has 0 spiro atoms. The summed E-state index contributed by atoms with van der Waals surface area (Å²) in [6, 6.07) is 8.12. The van der Waals surface area contributed by atoms with Crippen LogP contribution in [0.1, 0.15) is 46.6 Å². The predicted octanol–water partition coefficient (Wildman–Crippen LogP) is 2.35. The average molecular weight is 315 g/mol. The third-order valence-corrected chi connectivity index (χ3v) is 5.33. The molecule has 1 aromatic rings. The number of hydrogen-bond acceptors (Lipinski definition) is 3. The number of likely N-dealkylation sites (tertiary alicyclic amines) is 1. The van der Waals surface area contributed by atoms with Gasteiger partial charge in [0.15, 0.2) is 0 Å². The maximum Gasteiger partial charge on any atom is 0.495 e. The summed E-state index contributed by atoms with van der Waals surface area (Å²) in [5, 5.41) is 0. The molecule has 0 radical (unpaired) electrons. The van der Waals surface area contributed by atoms with Gasteiger partial charge in [-0.05, 0) is 44.6 Å². The molecule has 4 nitrogen and oxygen atoms in total. The second-order valence-corrected chi connectivity index (χ2v) is 7.87. The van der Waals surface area contributed by atoms with Crippen LogP contribution in [0.3, 0.4) is 0 Å². The molecular formula is C18H26BNO3. The summed E-state index contributed by atoms with van der Waals surface area (Å²) in [5.41, 5.74) is 1.41. The maximum atomic E-state index is 12.1. The molecule has 1 unspecified atom stereocenters. The van der Waals surface area contributed by atoms with Crippen molar-refractivity contribution >= 4 is 18.5 Å². The number of carbonyl (C=O) groups is 1. The molecule has 1 atom stereocenters. The standard InChI is InChI=1S/C18H26BNO3/c1-13-10-16(21)20(11-13)12-14-8-6-7-9-15(14)19-22-17(2,3)18(4,5)23-19/h6-9,13H,10-12H2,1-5H3. The third kappa shape index (κ3) is 3.04. The van der Waals surface area contributed by atoms with Gasteiger partial charge in [0.25, 0.3) is 0 Å². The van der Waals surface area contributed by atoms with E-state index in [1.807, 2.05) is 23.1 Å². The van der Waals surface area contributed by atoms with Crippen LogP contribution in [-0.4, -0.2) is 35.7 Å². The van der Waals surface area contributed by atoms with Gasteiger partial charge in [0.2, 0.25) is 5.91 Å². The fourth-order valence-corrected chi connectivity index (χ4v) is 3.21. The van der Waals surface area contributed by atoms with E-state index in [-0.39, 0.29) is 24.2 Å². The summed E-state index contributed by atoms with van der Waals surface area (Å²) < 4.78 is 12.4. The largest absolute Gasteiger partial charge is 0.495 e. The Hall–Kier alpha value is -1.33. The van der Waals surface area contributed by atoms with Crippen LogP contribution in [0.5, 0.6) is 0 Å². The summed E-state index contributed by atoms with van der Waals surface area (Å²) in [7, 11) is -0.383. The lowest BCUT2D eigenvalue weighted by Crippen LogP contribution is -2.41. The highest BCUT2D eigenvalue weighted by molar-refractivity contribution is 6.62. The first-order chi connectivity index (χ1) is 10.7. The van der Waals surface area contributed by atoms with Crippen molar-refractivity contribution in [3.05, 3.63) is 29.8 Å². The van der Waals surface area contributed by atoms with E-state index in [0.717, 1.165) is 17.6 Å². The normalized spacial score (nSPS) is 26.1. The minimum atomic E-state index is -0.383. The van der Waals surface area contributed by atoms with Gasteiger partial charge < -0.3 is 14.2 Å². The lowest BCUT2D eigenvalue weighted by atomic mass is 9.76. The molecule has 2 saturated heterocycles. The summed E-state index contributed by atoms with van der Waals surface area (Å²) in [6.07, 6.45) is 0.651. The molecule has 0 saturated carbocycles. The minimum Gasteiger partial charge on any atom is -0.399 e. The van der Waals surface area contributed by atoms with Crippen molar-refractivity contribution in [3.63, 3.8) is 0 Å². The number of amides is 1. The van der Waals surface area contributed by atoms with Crippen LogP contribution in [0, 0.1) is 5.92 Å². The lowest BCUT2D eigenvalue weighted by Gasteiger charge is -2.32. The second-order valence-electron chi connectivity index (χ2n) is 7.87. The Kier molecular flexibility index (Phi) is 4.05. The van der Waals surface area contributed by atoms with E-state index >= 15 is 0 Å². The zero-order valence-corrected chi connectivity index (χ0v) is 14.8. The van der Waals surface area contributed by atoms with Crippen LogP contribution < -0.4 is 5.46 Å². The maximum absolute atomic E-state index is 12.1.